The molecule has 0 aliphatic carbocycles. The van der Waals surface area contributed by atoms with E-state index in [0.29, 0.717) is 6.54 Å². The van der Waals surface area contributed by atoms with Crippen molar-refractivity contribution in [1.82, 2.24) is 4.98 Å². The number of rotatable bonds is 8. The first-order valence-corrected chi connectivity index (χ1v) is 10.0. The van der Waals surface area contributed by atoms with E-state index in [1.165, 1.54) is 22.4 Å². The predicted octanol–water partition coefficient (Wildman–Crippen LogP) is 5.04. The normalized spacial score (nSPS) is 15.0. The summed E-state index contributed by atoms with van der Waals surface area (Å²) in [6.45, 7) is 9.14. The lowest BCUT2D eigenvalue weighted by Gasteiger charge is -2.20. The van der Waals surface area contributed by atoms with E-state index in [-0.39, 0.29) is 0 Å². The first kappa shape index (κ1) is 19.9. The molecule has 0 fully saturated rings. The van der Waals surface area contributed by atoms with Crippen molar-refractivity contribution < 1.29 is 0 Å². The number of benzene rings is 1. The molecule has 3 rings (SSSR count). The first-order chi connectivity index (χ1) is 13.7. The number of allylic oxidation sites excluding steroid dienone is 2. The molecule has 0 saturated heterocycles. The fraction of sp³-hybridized carbons (Fsp3) is 0.292. The summed E-state index contributed by atoms with van der Waals surface area (Å²) in [7, 11) is 0. The van der Waals surface area contributed by atoms with Crippen molar-refractivity contribution in [3.63, 3.8) is 0 Å². The molecule has 0 bridgehead atoms. The molecule has 1 aliphatic heterocycles. The minimum Gasteiger partial charge on any atom is -0.372 e. The highest BCUT2D eigenvalue weighted by Gasteiger charge is 2.13. The predicted molar refractivity (Wildman–Crippen MR) is 123 cm³/mol. The molecule has 1 aliphatic rings. The van der Waals surface area contributed by atoms with Crippen LogP contribution in [0.4, 0.5) is 5.69 Å². The van der Waals surface area contributed by atoms with Gasteiger partial charge < -0.3 is 15.6 Å². The lowest BCUT2D eigenvalue weighted by atomic mass is 10.0. The molecular weight excluding hydrogens is 344 g/mol. The maximum absolute atomic E-state index is 5.84. The molecule has 4 heteroatoms. The molecule has 1 aromatic heterocycles. The van der Waals surface area contributed by atoms with Gasteiger partial charge >= 0.3 is 0 Å². The van der Waals surface area contributed by atoms with Crippen molar-refractivity contribution in [2.75, 3.05) is 24.5 Å². The monoisotopic (exact) mass is 374 g/mol. The molecule has 146 valence electrons. The number of hydrogen-bond donors (Lipinski definition) is 2. The molecule has 0 amide bonds. The third kappa shape index (κ3) is 4.52. The smallest absolute Gasteiger partial charge is 0.0683 e. The summed E-state index contributed by atoms with van der Waals surface area (Å²) in [6.07, 6.45) is 10.9. The number of hydrogen-bond acceptors (Lipinski definition) is 3. The Hall–Kier alpha value is -2.85. The van der Waals surface area contributed by atoms with E-state index in [1.807, 2.05) is 18.4 Å². The van der Waals surface area contributed by atoms with Gasteiger partial charge in [0, 0.05) is 42.0 Å². The Labute approximate surface area is 168 Å². The minimum atomic E-state index is 0.602. The van der Waals surface area contributed by atoms with E-state index >= 15 is 0 Å². The molecule has 3 N–H and O–H groups in total. The van der Waals surface area contributed by atoms with Gasteiger partial charge in [-0.05, 0) is 81.3 Å². The number of anilines is 1. The Bertz CT molecular complexity index is 893. The van der Waals surface area contributed by atoms with E-state index in [2.05, 4.69) is 78.1 Å². The van der Waals surface area contributed by atoms with Gasteiger partial charge in [0.05, 0.1) is 5.70 Å². The first-order valence-electron chi connectivity index (χ1n) is 10.0. The van der Waals surface area contributed by atoms with E-state index in [4.69, 9.17) is 5.73 Å². The van der Waals surface area contributed by atoms with Gasteiger partial charge in [-0.25, -0.2) is 0 Å². The summed E-state index contributed by atoms with van der Waals surface area (Å²) in [4.78, 5) is 10.4. The van der Waals surface area contributed by atoms with Gasteiger partial charge in [0.1, 0.15) is 0 Å². The maximum atomic E-state index is 5.84. The molecule has 2 heterocycles. The highest BCUT2D eigenvalue weighted by molar-refractivity contribution is 5.83. The molecule has 0 unspecified atom stereocenters. The molecule has 2 aromatic rings. The van der Waals surface area contributed by atoms with Gasteiger partial charge in [-0.2, -0.15) is 0 Å². The van der Waals surface area contributed by atoms with Crippen LogP contribution in [-0.2, 0) is 0 Å². The third-order valence-corrected chi connectivity index (χ3v) is 5.07. The maximum Gasteiger partial charge on any atom is 0.0683 e. The second-order valence-corrected chi connectivity index (χ2v) is 6.92. The molecule has 28 heavy (non-hydrogen) atoms. The highest BCUT2D eigenvalue weighted by Crippen LogP contribution is 2.28. The molecule has 0 atom stereocenters. The SMILES string of the molecule is CCN(CC)c1ccc(/C=C/c2cc(C)c(C(CCN)=C3C=CC=N3)[nH]2)cc1. The number of aliphatic imine (C=N–C) groups is 1. The van der Waals surface area contributed by atoms with Crippen molar-refractivity contribution in [1.29, 1.82) is 0 Å². The van der Waals surface area contributed by atoms with E-state index < -0.39 is 0 Å². The van der Waals surface area contributed by atoms with Crippen molar-refractivity contribution in [3.05, 3.63) is 70.7 Å². The van der Waals surface area contributed by atoms with Crippen LogP contribution in [0.1, 0.15) is 42.8 Å². The van der Waals surface area contributed by atoms with Gasteiger partial charge in [0.2, 0.25) is 0 Å². The summed E-state index contributed by atoms with van der Waals surface area (Å²) in [5.74, 6) is 0. The van der Waals surface area contributed by atoms with Gasteiger partial charge in [-0.3, -0.25) is 4.99 Å². The number of nitrogens with one attached hydrogen (secondary N) is 1. The second-order valence-electron chi connectivity index (χ2n) is 6.92. The third-order valence-electron chi connectivity index (χ3n) is 5.07. The van der Waals surface area contributed by atoms with Gasteiger partial charge in [0.15, 0.2) is 0 Å². The van der Waals surface area contributed by atoms with Crippen LogP contribution in [0.2, 0.25) is 0 Å². The lowest BCUT2D eigenvalue weighted by molar-refractivity contribution is 0.866. The van der Waals surface area contributed by atoms with E-state index in [9.17, 15) is 0 Å². The zero-order valence-corrected chi connectivity index (χ0v) is 17.1. The molecule has 0 spiro atoms. The molecule has 1 aromatic carbocycles. The topological polar surface area (TPSA) is 57.4 Å². The zero-order chi connectivity index (χ0) is 19.9. The number of aryl methyl sites for hydroxylation is 1. The fourth-order valence-corrected chi connectivity index (χ4v) is 3.56. The Morgan fingerprint density at radius 1 is 1.14 bits per heavy atom. The van der Waals surface area contributed by atoms with Crippen LogP contribution in [0.3, 0.4) is 0 Å². The molecule has 0 radical (unpaired) electrons. The number of nitrogens with two attached hydrogens (primary N) is 1. The largest absolute Gasteiger partial charge is 0.372 e. The van der Waals surface area contributed by atoms with E-state index in [1.54, 1.807) is 0 Å². The Morgan fingerprint density at radius 3 is 2.50 bits per heavy atom. The van der Waals surface area contributed by atoms with Crippen LogP contribution in [0.15, 0.2) is 53.2 Å². The van der Waals surface area contributed by atoms with Crippen LogP contribution in [0, 0.1) is 6.92 Å². The van der Waals surface area contributed by atoms with Gasteiger partial charge in [0.25, 0.3) is 0 Å². The van der Waals surface area contributed by atoms with Crippen molar-refractivity contribution in [2.24, 2.45) is 10.7 Å². The summed E-state index contributed by atoms with van der Waals surface area (Å²) in [5, 5.41) is 0. The van der Waals surface area contributed by atoms with E-state index in [0.717, 1.165) is 36.6 Å². The fourth-order valence-electron chi connectivity index (χ4n) is 3.56. The Balaban J connectivity index is 1.80. The van der Waals surface area contributed by atoms with Crippen LogP contribution in [-0.4, -0.2) is 30.8 Å². The number of aromatic amines is 1. The number of H-pyrrole nitrogens is 1. The van der Waals surface area contributed by atoms with Crippen molar-refractivity contribution >= 4 is 29.6 Å². The van der Waals surface area contributed by atoms with Crippen LogP contribution in [0.25, 0.3) is 17.7 Å². The van der Waals surface area contributed by atoms with Crippen LogP contribution in [0.5, 0.6) is 0 Å². The zero-order valence-electron chi connectivity index (χ0n) is 17.1. The quantitative estimate of drug-likeness (QED) is 0.680. The Morgan fingerprint density at radius 2 is 1.89 bits per heavy atom. The van der Waals surface area contributed by atoms with Crippen molar-refractivity contribution in [3.8, 4) is 0 Å². The average molecular weight is 375 g/mol. The van der Waals surface area contributed by atoms with Gasteiger partial charge in [-0.1, -0.05) is 18.2 Å². The molecular formula is C24H30N4. The molecule has 4 nitrogen and oxygen atoms in total. The lowest BCUT2D eigenvalue weighted by Crippen LogP contribution is -2.21. The standard InChI is InChI=1S/C24H30N4/c1-4-28(5-2)21-12-9-19(10-13-21)8-11-20-17-18(3)24(27-20)22(14-15-25)23-7-6-16-26-23/h6-13,16-17,27H,4-5,14-15,25H2,1-3H3/b11-8+,23-22?. The summed E-state index contributed by atoms with van der Waals surface area (Å²) >= 11 is 0. The second kappa shape index (κ2) is 9.38. The highest BCUT2D eigenvalue weighted by atomic mass is 15.1. The number of nitrogens with zero attached hydrogens (tertiary/aromatic N) is 2. The van der Waals surface area contributed by atoms with Crippen molar-refractivity contribution in [2.45, 2.75) is 27.2 Å². The molecule has 0 saturated carbocycles. The summed E-state index contributed by atoms with van der Waals surface area (Å²) < 4.78 is 0. The summed E-state index contributed by atoms with van der Waals surface area (Å²) in [6, 6.07) is 10.9. The Kier molecular flexibility index (Phi) is 6.66. The average Bonchev–Trinajstić information content (AvgIpc) is 3.36. The summed E-state index contributed by atoms with van der Waals surface area (Å²) in [5.41, 5.74) is 13.9. The minimum absolute atomic E-state index is 0.602. The van der Waals surface area contributed by atoms with Crippen LogP contribution < -0.4 is 10.6 Å². The number of aromatic nitrogens is 1. The van der Waals surface area contributed by atoms with Crippen LogP contribution >= 0.6 is 0 Å². The van der Waals surface area contributed by atoms with Gasteiger partial charge in [-0.15, -0.1) is 0 Å².